The van der Waals surface area contributed by atoms with E-state index in [0.717, 1.165) is 13.1 Å². The van der Waals surface area contributed by atoms with Crippen molar-refractivity contribution in [3.63, 3.8) is 0 Å². The van der Waals surface area contributed by atoms with Gasteiger partial charge in [-0.1, -0.05) is 31.3 Å². The number of benzene rings is 1. The third-order valence-electron chi connectivity index (χ3n) is 8.00. The fourth-order valence-electron chi connectivity index (χ4n) is 5.67. The van der Waals surface area contributed by atoms with E-state index in [0.29, 0.717) is 64.9 Å². The molecular weight excluding hydrogens is 591 g/mol. The van der Waals surface area contributed by atoms with Crippen LogP contribution in [0.2, 0.25) is 0 Å². The van der Waals surface area contributed by atoms with Crippen molar-refractivity contribution in [2.75, 3.05) is 31.1 Å². The fourth-order valence-corrected chi connectivity index (χ4v) is 7.78. The number of nitriles is 1. The SMILES string of the molecule is CCN(CC)[C@@H]1CCN(c2ncnc3c2c2ccc(S(=O)(=O)NC4(C#N)CC4)cc2n3-c2nnc(C(F)F)s2)C[C@@H]1F. The molecule has 1 saturated heterocycles. The number of fused-ring (bicyclic) bond motifs is 3. The lowest BCUT2D eigenvalue weighted by Crippen LogP contribution is -2.52. The van der Waals surface area contributed by atoms with E-state index in [-0.39, 0.29) is 22.6 Å². The van der Waals surface area contributed by atoms with Crippen LogP contribution in [0.5, 0.6) is 0 Å². The van der Waals surface area contributed by atoms with Gasteiger partial charge in [0, 0.05) is 18.0 Å². The molecule has 4 heterocycles. The molecule has 1 aromatic carbocycles. The van der Waals surface area contributed by atoms with Crippen molar-refractivity contribution in [1.29, 1.82) is 5.26 Å². The highest BCUT2D eigenvalue weighted by Crippen LogP contribution is 2.40. The minimum atomic E-state index is -4.10. The number of anilines is 1. The van der Waals surface area contributed by atoms with Crippen LogP contribution < -0.4 is 9.62 Å². The van der Waals surface area contributed by atoms with Gasteiger partial charge in [-0.15, -0.1) is 10.2 Å². The van der Waals surface area contributed by atoms with Crippen molar-refractivity contribution in [3.8, 4) is 11.2 Å². The summed E-state index contributed by atoms with van der Waals surface area (Å²) in [5.41, 5.74) is -0.514. The van der Waals surface area contributed by atoms with Crippen LogP contribution in [0.1, 0.15) is 44.5 Å². The first kappa shape index (κ1) is 28.7. The Bertz CT molecular complexity index is 1800. The molecule has 0 amide bonds. The first-order valence-electron chi connectivity index (χ1n) is 13.6. The molecule has 0 spiro atoms. The Morgan fingerprint density at radius 1 is 1.24 bits per heavy atom. The molecule has 0 unspecified atom stereocenters. The summed E-state index contributed by atoms with van der Waals surface area (Å²) in [7, 11) is -4.10. The Balaban J connectivity index is 1.50. The third-order valence-corrected chi connectivity index (χ3v) is 10.4. The zero-order chi connectivity index (χ0) is 29.8. The van der Waals surface area contributed by atoms with Crippen LogP contribution in [-0.2, 0) is 10.0 Å². The molecule has 3 aromatic heterocycles. The Hall–Kier alpha value is -3.39. The predicted octanol–water partition coefficient (Wildman–Crippen LogP) is 3.96. The Morgan fingerprint density at radius 2 is 2.00 bits per heavy atom. The Labute approximate surface area is 244 Å². The van der Waals surface area contributed by atoms with Crippen LogP contribution in [0.3, 0.4) is 0 Å². The molecular formula is C26H28F3N9O2S2. The van der Waals surface area contributed by atoms with Gasteiger partial charge in [0.25, 0.3) is 6.43 Å². The molecule has 0 radical (unpaired) electrons. The van der Waals surface area contributed by atoms with Gasteiger partial charge in [0.1, 0.15) is 23.9 Å². The first-order chi connectivity index (χ1) is 20.1. The summed E-state index contributed by atoms with van der Waals surface area (Å²) in [6.45, 7) is 6.12. The van der Waals surface area contributed by atoms with Gasteiger partial charge in [0.15, 0.2) is 10.7 Å². The first-order valence-corrected chi connectivity index (χ1v) is 15.9. The number of hydrogen-bond acceptors (Lipinski definition) is 10. The summed E-state index contributed by atoms with van der Waals surface area (Å²) in [5.74, 6) is 0.457. The van der Waals surface area contributed by atoms with Crippen molar-refractivity contribution >= 4 is 49.1 Å². The molecule has 1 aliphatic heterocycles. The van der Waals surface area contributed by atoms with Crippen LogP contribution in [-0.4, -0.2) is 82.0 Å². The standard InChI is InChI=1S/C26H28F3N9O2S2/c1-3-36(4-2)18-7-10-37(12-17(18)27)22-20-16-6-5-15(42(39,40)35-26(13-30)8-9-26)11-19(16)38(23(20)32-14-31-22)25-34-33-24(41-25)21(28)29/h5-6,11,14,17-18,21,35H,3-4,7-10,12H2,1-2H3/t17-,18+/m0/s1. The summed E-state index contributed by atoms with van der Waals surface area (Å²) in [6, 6.07) is 6.19. The van der Waals surface area contributed by atoms with Gasteiger partial charge in [-0.05, 0) is 44.5 Å². The quantitative estimate of drug-likeness (QED) is 0.296. The van der Waals surface area contributed by atoms with E-state index >= 15 is 4.39 Å². The van der Waals surface area contributed by atoms with E-state index in [4.69, 9.17) is 0 Å². The average molecular weight is 620 g/mol. The molecule has 42 heavy (non-hydrogen) atoms. The molecule has 1 aliphatic carbocycles. The molecule has 222 valence electrons. The monoisotopic (exact) mass is 619 g/mol. The zero-order valence-electron chi connectivity index (χ0n) is 22.8. The number of alkyl halides is 3. The largest absolute Gasteiger partial charge is 0.353 e. The van der Waals surface area contributed by atoms with Crippen molar-refractivity contribution in [2.24, 2.45) is 0 Å². The molecule has 2 atom stereocenters. The highest BCUT2D eigenvalue weighted by Gasteiger charge is 2.47. The van der Waals surface area contributed by atoms with E-state index < -0.39 is 33.2 Å². The van der Waals surface area contributed by atoms with Crippen LogP contribution in [0.25, 0.3) is 27.1 Å². The number of halogens is 3. The minimum Gasteiger partial charge on any atom is -0.353 e. The van der Waals surface area contributed by atoms with E-state index in [9.17, 15) is 22.5 Å². The Kier molecular flexibility index (Phi) is 7.32. The fraction of sp³-hybridized carbons (Fsp3) is 0.500. The topological polar surface area (TPSA) is 133 Å². The molecule has 1 N–H and O–H groups in total. The van der Waals surface area contributed by atoms with E-state index in [1.807, 2.05) is 24.8 Å². The second-order valence-corrected chi connectivity index (χ2v) is 13.1. The lowest BCUT2D eigenvalue weighted by molar-refractivity contribution is 0.102. The summed E-state index contributed by atoms with van der Waals surface area (Å²) in [5, 5.41) is 17.6. The minimum absolute atomic E-state index is 0.0664. The lowest BCUT2D eigenvalue weighted by Gasteiger charge is -2.40. The van der Waals surface area contributed by atoms with Crippen LogP contribution in [0.15, 0.2) is 29.4 Å². The van der Waals surface area contributed by atoms with Gasteiger partial charge in [0.2, 0.25) is 15.2 Å². The van der Waals surface area contributed by atoms with Crippen molar-refractivity contribution < 1.29 is 21.6 Å². The molecule has 6 rings (SSSR count). The van der Waals surface area contributed by atoms with E-state index in [1.54, 1.807) is 6.07 Å². The number of nitrogens with zero attached hydrogens (tertiary/aromatic N) is 8. The summed E-state index contributed by atoms with van der Waals surface area (Å²) in [4.78, 5) is 12.8. The normalized spacial score (nSPS) is 20.6. The van der Waals surface area contributed by atoms with Gasteiger partial charge in [0.05, 0.1) is 28.4 Å². The predicted molar refractivity (Wildman–Crippen MR) is 151 cm³/mol. The van der Waals surface area contributed by atoms with E-state index in [1.165, 1.54) is 23.0 Å². The van der Waals surface area contributed by atoms with Crippen LogP contribution in [0.4, 0.5) is 19.0 Å². The smallest absolute Gasteiger partial charge is 0.291 e. The second kappa shape index (κ2) is 10.7. The number of piperidine rings is 1. The van der Waals surface area contributed by atoms with Crippen LogP contribution in [0, 0.1) is 11.3 Å². The lowest BCUT2D eigenvalue weighted by atomic mass is 10.0. The Morgan fingerprint density at radius 3 is 2.62 bits per heavy atom. The molecule has 0 bridgehead atoms. The molecule has 4 aromatic rings. The molecule has 16 heteroatoms. The maximum Gasteiger partial charge on any atom is 0.291 e. The molecule has 2 aliphatic rings. The van der Waals surface area contributed by atoms with Crippen molar-refractivity contribution in [3.05, 3.63) is 29.5 Å². The summed E-state index contributed by atoms with van der Waals surface area (Å²) >= 11 is 0.659. The summed E-state index contributed by atoms with van der Waals surface area (Å²) < 4.78 is 72.9. The molecule has 2 fully saturated rings. The van der Waals surface area contributed by atoms with Gasteiger partial charge in [-0.25, -0.2) is 31.6 Å². The van der Waals surface area contributed by atoms with Crippen molar-refractivity contribution in [1.82, 2.24) is 34.4 Å². The average Bonchev–Trinajstić information content (AvgIpc) is 3.41. The van der Waals surface area contributed by atoms with E-state index in [2.05, 4.69) is 29.8 Å². The number of hydrogen-bond donors (Lipinski definition) is 1. The highest BCUT2D eigenvalue weighted by atomic mass is 32.2. The van der Waals surface area contributed by atoms with Gasteiger partial charge in [-0.3, -0.25) is 9.47 Å². The number of sulfonamides is 1. The van der Waals surface area contributed by atoms with Crippen LogP contribution >= 0.6 is 11.3 Å². The third kappa shape index (κ3) is 4.87. The van der Waals surface area contributed by atoms with Crippen molar-refractivity contribution in [2.45, 2.75) is 62.2 Å². The van der Waals surface area contributed by atoms with Gasteiger partial charge >= 0.3 is 0 Å². The zero-order valence-corrected chi connectivity index (χ0v) is 24.5. The maximum absolute atomic E-state index is 15.5. The number of rotatable bonds is 9. The highest BCUT2D eigenvalue weighted by molar-refractivity contribution is 7.89. The van der Waals surface area contributed by atoms with Gasteiger partial charge in [-0.2, -0.15) is 9.98 Å². The van der Waals surface area contributed by atoms with Gasteiger partial charge < -0.3 is 4.90 Å². The summed E-state index contributed by atoms with van der Waals surface area (Å²) in [6.07, 6.45) is -1.27. The number of aromatic nitrogens is 5. The number of nitrogens with one attached hydrogen (secondary N) is 1. The maximum atomic E-state index is 15.5. The molecule has 11 nitrogen and oxygen atoms in total. The molecule has 1 saturated carbocycles. The second-order valence-electron chi connectivity index (χ2n) is 10.5.